The van der Waals surface area contributed by atoms with E-state index in [0.717, 1.165) is 11.1 Å². The van der Waals surface area contributed by atoms with Gasteiger partial charge in [-0.05, 0) is 74.1 Å². The number of fused-ring (bicyclic) bond motifs is 1. The number of esters is 1. The number of ketones is 1. The summed E-state index contributed by atoms with van der Waals surface area (Å²) in [6.45, 7) is 5.85. The van der Waals surface area contributed by atoms with E-state index in [1.807, 2.05) is 6.08 Å². The van der Waals surface area contributed by atoms with Crippen LogP contribution >= 0.6 is 0 Å². The van der Waals surface area contributed by atoms with Crippen LogP contribution < -0.4 is 4.74 Å². The lowest BCUT2D eigenvalue weighted by molar-refractivity contribution is -0.343. The van der Waals surface area contributed by atoms with E-state index in [1.54, 1.807) is 24.3 Å². The van der Waals surface area contributed by atoms with Gasteiger partial charge in [-0.3, -0.25) is 4.79 Å². The number of ether oxygens (including phenoxy) is 5. The van der Waals surface area contributed by atoms with Gasteiger partial charge in [0, 0.05) is 24.2 Å². The highest BCUT2D eigenvalue weighted by atomic mass is 16.8. The van der Waals surface area contributed by atoms with Crippen LogP contribution in [0.4, 0.5) is 0 Å². The second-order valence-electron chi connectivity index (χ2n) is 10.0. The molecule has 1 aromatic rings. The Bertz CT molecular complexity index is 1110. The van der Waals surface area contributed by atoms with E-state index in [9.17, 15) is 24.9 Å². The van der Waals surface area contributed by atoms with Gasteiger partial charge in [0.15, 0.2) is 18.4 Å². The predicted molar refractivity (Wildman–Crippen MR) is 139 cm³/mol. The zero-order valence-corrected chi connectivity index (χ0v) is 22.2. The number of aliphatic hydroxyl groups is 3. The maximum atomic E-state index is 12.3. The van der Waals surface area contributed by atoms with Crippen LogP contribution in [0.25, 0.3) is 0 Å². The molecule has 212 valence electrons. The minimum absolute atomic E-state index is 0.00983. The van der Waals surface area contributed by atoms with Crippen LogP contribution in [-0.4, -0.2) is 84.4 Å². The molecule has 0 amide bonds. The van der Waals surface area contributed by atoms with Crippen LogP contribution in [0.1, 0.15) is 43.0 Å². The number of aliphatic hydroxyl groups excluding tert-OH is 3. The minimum Gasteiger partial charge on any atom is -0.489 e. The average Bonchev–Trinajstić information content (AvgIpc) is 3.19. The number of allylic oxidation sites excluding steroid dienone is 1. The molecule has 10 nitrogen and oxygen atoms in total. The number of Topliss-reactive ketones (excluding diaryl/α,β-unsaturated/α-hetero) is 1. The number of rotatable bonds is 8. The van der Waals surface area contributed by atoms with Crippen molar-refractivity contribution >= 4 is 11.8 Å². The SMILES string of the molecule is C=C1C(=O)O[C@@H]2C=C(CO[C@H]3O[C@@H](OC)[C@H](O)[C@@H](O)[C@@H]3O)CCC=C(COc3ccc(C(C)=O)cc3)CC[C@@H]12. The first-order valence-electron chi connectivity index (χ1n) is 13.0. The molecule has 10 heteroatoms. The van der Waals surface area contributed by atoms with Crippen molar-refractivity contribution < 1.29 is 48.6 Å². The fraction of sp³-hybridized carbons (Fsp3) is 0.517. The van der Waals surface area contributed by atoms with Gasteiger partial charge in [-0.15, -0.1) is 0 Å². The Morgan fingerprint density at radius 2 is 1.74 bits per heavy atom. The highest BCUT2D eigenvalue weighted by molar-refractivity contribution is 5.94. The molecular weight excluding hydrogens is 508 g/mol. The molecular formula is C29H36O10. The summed E-state index contributed by atoms with van der Waals surface area (Å²) in [4.78, 5) is 23.8. The van der Waals surface area contributed by atoms with E-state index in [2.05, 4.69) is 12.7 Å². The van der Waals surface area contributed by atoms with Crippen molar-refractivity contribution in [1.29, 1.82) is 0 Å². The molecule has 0 unspecified atom stereocenters. The number of hydrogen-bond donors (Lipinski definition) is 3. The normalized spacial score (nSPS) is 31.6. The summed E-state index contributed by atoms with van der Waals surface area (Å²) in [7, 11) is 1.31. The Kier molecular flexibility index (Phi) is 9.71. The molecule has 1 aliphatic carbocycles. The van der Waals surface area contributed by atoms with E-state index in [4.69, 9.17) is 23.7 Å². The molecule has 0 radical (unpaired) electrons. The number of carbonyl (C=O) groups is 2. The molecule has 0 aromatic heterocycles. The third-order valence-corrected chi connectivity index (χ3v) is 7.30. The molecule has 0 spiro atoms. The fourth-order valence-corrected chi connectivity index (χ4v) is 4.89. The maximum absolute atomic E-state index is 12.3. The summed E-state index contributed by atoms with van der Waals surface area (Å²) in [6.07, 6.45) is -0.729. The van der Waals surface area contributed by atoms with Gasteiger partial charge in [0.05, 0.1) is 6.61 Å². The summed E-state index contributed by atoms with van der Waals surface area (Å²) in [5, 5.41) is 30.4. The highest BCUT2D eigenvalue weighted by Gasteiger charge is 2.45. The topological polar surface area (TPSA) is 141 Å². The Balaban J connectivity index is 1.44. The smallest absolute Gasteiger partial charge is 0.334 e. The molecule has 4 rings (SSSR count). The maximum Gasteiger partial charge on any atom is 0.334 e. The summed E-state index contributed by atoms with van der Waals surface area (Å²) < 4.78 is 27.9. The summed E-state index contributed by atoms with van der Waals surface area (Å²) in [5.74, 6) is 0.000128. The number of hydrogen-bond acceptors (Lipinski definition) is 10. The summed E-state index contributed by atoms with van der Waals surface area (Å²) in [5.41, 5.74) is 2.91. The first-order valence-corrected chi connectivity index (χ1v) is 13.0. The van der Waals surface area contributed by atoms with Gasteiger partial charge in [-0.25, -0.2) is 4.79 Å². The van der Waals surface area contributed by atoms with Crippen molar-refractivity contribution in [3.8, 4) is 5.75 Å². The van der Waals surface area contributed by atoms with Gasteiger partial charge in [0.2, 0.25) is 0 Å². The van der Waals surface area contributed by atoms with Crippen LogP contribution in [0.5, 0.6) is 5.75 Å². The van der Waals surface area contributed by atoms with Crippen molar-refractivity contribution in [3.63, 3.8) is 0 Å². The number of methoxy groups -OCH3 is 1. The van der Waals surface area contributed by atoms with Gasteiger partial charge in [0.25, 0.3) is 0 Å². The van der Waals surface area contributed by atoms with Crippen LogP contribution in [-0.2, 0) is 23.7 Å². The van der Waals surface area contributed by atoms with Crippen LogP contribution in [0.15, 0.2) is 59.7 Å². The predicted octanol–water partition coefficient (Wildman–Crippen LogP) is 2.22. The Morgan fingerprint density at radius 3 is 2.44 bits per heavy atom. The molecule has 7 atom stereocenters. The lowest BCUT2D eigenvalue weighted by Crippen LogP contribution is -2.58. The quantitative estimate of drug-likeness (QED) is 0.193. The summed E-state index contributed by atoms with van der Waals surface area (Å²) in [6, 6.07) is 6.99. The van der Waals surface area contributed by atoms with Crippen molar-refractivity contribution in [1.82, 2.24) is 0 Å². The first-order chi connectivity index (χ1) is 18.7. The fourth-order valence-electron chi connectivity index (χ4n) is 4.89. The molecule has 2 saturated heterocycles. The third kappa shape index (κ3) is 7.02. The second-order valence-corrected chi connectivity index (χ2v) is 10.0. The van der Waals surface area contributed by atoms with Crippen LogP contribution in [0.3, 0.4) is 0 Å². The first kappa shape index (κ1) is 29.1. The van der Waals surface area contributed by atoms with Crippen LogP contribution in [0, 0.1) is 5.92 Å². The zero-order valence-electron chi connectivity index (χ0n) is 22.2. The zero-order chi connectivity index (χ0) is 28.1. The molecule has 3 aliphatic rings. The van der Waals surface area contributed by atoms with Crippen molar-refractivity contribution in [2.75, 3.05) is 20.3 Å². The van der Waals surface area contributed by atoms with Gasteiger partial charge >= 0.3 is 5.97 Å². The molecule has 3 N–H and O–H groups in total. The molecule has 39 heavy (non-hydrogen) atoms. The van der Waals surface area contributed by atoms with E-state index in [0.29, 0.717) is 49.2 Å². The van der Waals surface area contributed by atoms with Crippen molar-refractivity contribution in [2.45, 2.75) is 69.6 Å². The van der Waals surface area contributed by atoms with Gasteiger partial charge < -0.3 is 39.0 Å². The van der Waals surface area contributed by atoms with Gasteiger partial charge in [-0.2, -0.15) is 0 Å². The number of carbonyl (C=O) groups excluding carboxylic acids is 2. The molecule has 1 aromatic carbocycles. The Morgan fingerprint density at radius 1 is 1.03 bits per heavy atom. The van der Waals surface area contributed by atoms with E-state index >= 15 is 0 Å². The molecule has 2 aliphatic heterocycles. The monoisotopic (exact) mass is 544 g/mol. The average molecular weight is 545 g/mol. The second kappa shape index (κ2) is 13.0. The van der Waals surface area contributed by atoms with E-state index in [-0.39, 0.29) is 18.3 Å². The molecule has 2 fully saturated rings. The lowest BCUT2D eigenvalue weighted by atomic mass is 9.88. The molecule has 0 saturated carbocycles. The Labute approximate surface area is 227 Å². The van der Waals surface area contributed by atoms with Gasteiger partial charge in [-0.1, -0.05) is 12.7 Å². The molecule has 0 bridgehead atoms. The van der Waals surface area contributed by atoms with Crippen molar-refractivity contribution in [2.24, 2.45) is 5.92 Å². The largest absolute Gasteiger partial charge is 0.489 e. The van der Waals surface area contributed by atoms with Gasteiger partial charge in [0.1, 0.15) is 36.8 Å². The summed E-state index contributed by atoms with van der Waals surface area (Å²) >= 11 is 0. The van der Waals surface area contributed by atoms with Crippen molar-refractivity contribution in [3.05, 3.63) is 65.3 Å². The van der Waals surface area contributed by atoms with E-state index in [1.165, 1.54) is 14.0 Å². The number of benzene rings is 1. The van der Waals surface area contributed by atoms with E-state index < -0.39 is 43.0 Å². The third-order valence-electron chi connectivity index (χ3n) is 7.30. The minimum atomic E-state index is -1.50. The lowest BCUT2D eigenvalue weighted by Gasteiger charge is -2.39. The highest BCUT2D eigenvalue weighted by Crippen LogP contribution is 2.35. The Hall–Kier alpha value is -2.86. The van der Waals surface area contributed by atoms with Crippen LogP contribution in [0.2, 0.25) is 0 Å². The standard InChI is InChI=1S/C29H36O10/c1-16-22-12-7-18(14-36-21-10-8-20(9-11-21)17(2)30)5-4-6-19(13-23(22)38-27(16)34)15-37-29-26(33)24(31)25(32)28(35-3)39-29/h5,8-11,13,22-26,28-29,31-33H,1,4,6-7,12,14-15H2,2-3H3/t22-,23+,24+,25+,26-,28+,29-/m0/s1. The molecule has 2 heterocycles.